The van der Waals surface area contributed by atoms with Gasteiger partial charge < -0.3 is 16.0 Å². The van der Waals surface area contributed by atoms with E-state index in [1.807, 2.05) is 4.90 Å². The molecular weight excluding hydrogens is 454 g/mol. The minimum Gasteiger partial charge on any atom is -0.365 e. The van der Waals surface area contributed by atoms with Crippen LogP contribution in [0.25, 0.3) is 0 Å². The summed E-state index contributed by atoms with van der Waals surface area (Å²) in [5, 5.41) is 2.79. The number of halogens is 1. The fourth-order valence-corrected chi connectivity index (χ4v) is 5.12. The number of carbonyl (C=O) groups excluding carboxylic acids is 2. The zero-order chi connectivity index (χ0) is 19.8. The van der Waals surface area contributed by atoms with Gasteiger partial charge in [0.05, 0.1) is 14.4 Å². The molecule has 0 bridgehead atoms. The number of nitrogens with one attached hydrogen (secondary N) is 1. The average Bonchev–Trinajstić information content (AvgIpc) is 3.21. The second kappa shape index (κ2) is 7.61. The first kappa shape index (κ1) is 19.8. The number of nitrogens with zero attached hydrogens (tertiary/aromatic N) is 1. The van der Waals surface area contributed by atoms with Gasteiger partial charge in [-0.15, -0.1) is 11.3 Å². The van der Waals surface area contributed by atoms with Gasteiger partial charge >= 0.3 is 0 Å². The number of sulfone groups is 1. The third-order valence-electron chi connectivity index (χ3n) is 4.34. The van der Waals surface area contributed by atoms with Crippen LogP contribution in [-0.2, 0) is 14.6 Å². The van der Waals surface area contributed by atoms with Gasteiger partial charge in [-0.3, -0.25) is 9.59 Å². The number of nitrogens with two attached hydrogens (primary N) is 1. The van der Waals surface area contributed by atoms with Gasteiger partial charge in [0.1, 0.15) is 10.9 Å². The van der Waals surface area contributed by atoms with Crippen LogP contribution in [0.4, 0.5) is 11.4 Å². The van der Waals surface area contributed by atoms with Crippen molar-refractivity contribution in [3.05, 3.63) is 39.0 Å². The molecule has 1 aliphatic heterocycles. The lowest BCUT2D eigenvalue weighted by Gasteiger charge is -2.26. The molecule has 7 nitrogen and oxygen atoms in total. The standard InChI is InChI=1S/C17H18BrN3O4S2/c1-27(24,25)11-6-4-10(5-7-11)21-8-2-3-13(21)17(23)20-12-9-14(18)26-15(12)16(19)22/h4-7,9,13H,2-3,8H2,1H3,(H2,19,22)(H,20,23). The second-order valence-electron chi connectivity index (χ2n) is 6.26. The predicted molar refractivity (Wildman–Crippen MR) is 109 cm³/mol. The van der Waals surface area contributed by atoms with Crippen LogP contribution < -0.4 is 16.0 Å². The molecule has 1 aliphatic rings. The Bertz CT molecular complexity index is 986. The fourth-order valence-electron chi connectivity index (χ4n) is 3.09. The monoisotopic (exact) mass is 471 g/mol. The van der Waals surface area contributed by atoms with Crippen LogP contribution in [0.15, 0.2) is 39.0 Å². The molecule has 3 N–H and O–H groups in total. The predicted octanol–water partition coefficient (Wildman–Crippen LogP) is 2.62. The van der Waals surface area contributed by atoms with E-state index in [0.29, 0.717) is 22.4 Å². The molecule has 0 radical (unpaired) electrons. The van der Waals surface area contributed by atoms with E-state index in [9.17, 15) is 18.0 Å². The number of rotatable bonds is 5. The molecule has 27 heavy (non-hydrogen) atoms. The van der Waals surface area contributed by atoms with Crippen molar-refractivity contribution in [1.29, 1.82) is 0 Å². The summed E-state index contributed by atoms with van der Waals surface area (Å²) >= 11 is 4.46. The van der Waals surface area contributed by atoms with E-state index >= 15 is 0 Å². The Labute approximate surface area is 169 Å². The van der Waals surface area contributed by atoms with Gasteiger partial charge in [0, 0.05) is 18.5 Å². The number of carbonyl (C=O) groups is 2. The number of anilines is 2. The topological polar surface area (TPSA) is 110 Å². The zero-order valence-electron chi connectivity index (χ0n) is 14.4. The molecule has 1 atom stereocenters. The number of hydrogen-bond acceptors (Lipinski definition) is 6. The lowest BCUT2D eigenvalue weighted by atomic mass is 10.2. The van der Waals surface area contributed by atoms with E-state index in [2.05, 4.69) is 21.2 Å². The SMILES string of the molecule is CS(=O)(=O)c1ccc(N2CCCC2C(=O)Nc2cc(Br)sc2C(N)=O)cc1. The van der Waals surface area contributed by atoms with E-state index in [0.717, 1.165) is 29.7 Å². The Morgan fingerprint density at radius 2 is 1.96 bits per heavy atom. The van der Waals surface area contributed by atoms with E-state index in [1.54, 1.807) is 30.3 Å². The van der Waals surface area contributed by atoms with Crippen molar-refractivity contribution in [2.45, 2.75) is 23.8 Å². The van der Waals surface area contributed by atoms with Crippen LogP contribution in [0.2, 0.25) is 0 Å². The molecule has 1 aromatic heterocycles. The average molecular weight is 472 g/mol. The van der Waals surface area contributed by atoms with Crippen LogP contribution in [-0.4, -0.2) is 39.1 Å². The van der Waals surface area contributed by atoms with Crippen molar-refractivity contribution in [2.24, 2.45) is 5.73 Å². The summed E-state index contributed by atoms with van der Waals surface area (Å²) in [4.78, 5) is 26.8. The molecule has 10 heteroatoms. The molecule has 0 saturated carbocycles. The van der Waals surface area contributed by atoms with Crippen LogP contribution in [0.5, 0.6) is 0 Å². The Hall–Kier alpha value is -1.91. The molecule has 2 heterocycles. The van der Waals surface area contributed by atoms with Crippen LogP contribution in [0, 0.1) is 0 Å². The Morgan fingerprint density at radius 3 is 2.56 bits per heavy atom. The number of hydrogen-bond donors (Lipinski definition) is 2. The summed E-state index contributed by atoms with van der Waals surface area (Å²) < 4.78 is 23.9. The van der Waals surface area contributed by atoms with Gasteiger partial charge in [-0.1, -0.05) is 0 Å². The maximum Gasteiger partial charge on any atom is 0.260 e. The molecule has 1 fully saturated rings. The first-order valence-electron chi connectivity index (χ1n) is 8.13. The largest absolute Gasteiger partial charge is 0.365 e. The van der Waals surface area contributed by atoms with Gasteiger partial charge in [0.2, 0.25) is 5.91 Å². The van der Waals surface area contributed by atoms with Crippen molar-refractivity contribution in [3.63, 3.8) is 0 Å². The normalized spacial score (nSPS) is 17.1. The molecule has 1 aromatic carbocycles. The first-order valence-corrected chi connectivity index (χ1v) is 11.6. The molecule has 3 rings (SSSR count). The summed E-state index contributed by atoms with van der Waals surface area (Å²) in [7, 11) is -3.27. The summed E-state index contributed by atoms with van der Waals surface area (Å²) in [5.74, 6) is -0.826. The minimum atomic E-state index is -3.27. The zero-order valence-corrected chi connectivity index (χ0v) is 17.7. The van der Waals surface area contributed by atoms with E-state index < -0.39 is 21.8 Å². The maximum absolute atomic E-state index is 12.8. The smallest absolute Gasteiger partial charge is 0.260 e. The number of thiophene rings is 1. The molecule has 1 saturated heterocycles. The van der Waals surface area contributed by atoms with Gasteiger partial charge in [0.25, 0.3) is 5.91 Å². The lowest BCUT2D eigenvalue weighted by Crippen LogP contribution is -2.39. The van der Waals surface area contributed by atoms with Crippen LogP contribution >= 0.6 is 27.3 Å². The van der Waals surface area contributed by atoms with Crippen molar-refractivity contribution >= 4 is 60.3 Å². The Balaban J connectivity index is 1.80. The quantitative estimate of drug-likeness (QED) is 0.696. The molecule has 144 valence electrons. The van der Waals surface area contributed by atoms with Gasteiger partial charge in [-0.05, 0) is 59.1 Å². The maximum atomic E-state index is 12.8. The third kappa shape index (κ3) is 4.33. The van der Waals surface area contributed by atoms with E-state index in [4.69, 9.17) is 5.73 Å². The second-order valence-corrected chi connectivity index (χ2v) is 10.7. The van der Waals surface area contributed by atoms with Crippen molar-refractivity contribution < 1.29 is 18.0 Å². The lowest BCUT2D eigenvalue weighted by molar-refractivity contribution is -0.117. The fraction of sp³-hybridized carbons (Fsp3) is 0.294. The van der Waals surface area contributed by atoms with Crippen molar-refractivity contribution in [2.75, 3.05) is 23.0 Å². The molecule has 1 unspecified atom stereocenters. The minimum absolute atomic E-state index is 0.229. The Morgan fingerprint density at radius 1 is 1.30 bits per heavy atom. The van der Waals surface area contributed by atoms with Gasteiger partial charge in [-0.2, -0.15) is 0 Å². The van der Waals surface area contributed by atoms with E-state index in [1.165, 1.54) is 0 Å². The highest BCUT2D eigenvalue weighted by atomic mass is 79.9. The number of benzene rings is 1. The highest BCUT2D eigenvalue weighted by Crippen LogP contribution is 2.32. The summed E-state index contributed by atoms with van der Waals surface area (Å²) in [5.41, 5.74) is 6.54. The van der Waals surface area contributed by atoms with Gasteiger partial charge in [-0.25, -0.2) is 8.42 Å². The van der Waals surface area contributed by atoms with Crippen LogP contribution in [0.1, 0.15) is 22.5 Å². The molecular formula is C17H18BrN3O4S2. The molecule has 2 amide bonds. The summed E-state index contributed by atoms with van der Waals surface area (Å²) in [6, 6.07) is 7.74. The van der Waals surface area contributed by atoms with Crippen LogP contribution in [0.3, 0.4) is 0 Å². The highest BCUT2D eigenvalue weighted by molar-refractivity contribution is 9.11. The molecule has 2 aromatic rings. The highest BCUT2D eigenvalue weighted by Gasteiger charge is 2.32. The first-order chi connectivity index (χ1) is 12.7. The third-order valence-corrected chi connectivity index (χ3v) is 7.12. The van der Waals surface area contributed by atoms with Crippen molar-refractivity contribution in [1.82, 2.24) is 0 Å². The van der Waals surface area contributed by atoms with E-state index in [-0.39, 0.29) is 15.7 Å². The van der Waals surface area contributed by atoms with Crippen molar-refractivity contribution in [3.8, 4) is 0 Å². The number of primary amides is 1. The molecule has 0 aliphatic carbocycles. The Kier molecular flexibility index (Phi) is 5.59. The molecule has 0 spiro atoms. The summed E-state index contributed by atoms with van der Waals surface area (Å²) in [6.45, 7) is 0.687. The van der Waals surface area contributed by atoms with Gasteiger partial charge in [0.15, 0.2) is 9.84 Å². The summed E-state index contributed by atoms with van der Waals surface area (Å²) in [6.07, 6.45) is 2.65. The number of amides is 2.